The third-order valence-electron chi connectivity index (χ3n) is 3.39. The summed E-state index contributed by atoms with van der Waals surface area (Å²) in [6.45, 7) is 0.877. The fourth-order valence-electron chi connectivity index (χ4n) is 2.27. The lowest BCUT2D eigenvalue weighted by atomic mass is 10.1. The van der Waals surface area contributed by atoms with Crippen LogP contribution in [0, 0.1) is 0 Å². The molecule has 0 radical (unpaired) electrons. The molecule has 1 unspecified atom stereocenters. The van der Waals surface area contributed by atoms with Crippen molar-refractivity contribution in [2.24, 2.45) is 0 Å². The van der Waals surface area contributed by atoms with Crippen LogP contribution in [0.15, 0.2) is 24.3 Å². The van der Waals surface area contributed by atoms with Crippen LogP contribution in [0.2, 0.25) is 5.02 Å². The topological polar surface area (TPSA) is 75.3 Å². The van der Waals surface area contributed by atoms with E-state index in [9.17, 15) is 13.2 Å². The smallest absolute Gasteiger partial charge is 0.234 e. The first kappa shape index (κ1) is 16.3. The Balaban J connectivity index is 1.62. The zero-order chi connectivity index (χ0) is 15.3. The minimum atomic E-state index is -2.95. The number of rotatable bonds is 6. The Kier molecular flexibility index (Phi) is 5.61. The number of hydrogen-bond donors (Lipinski definition) is 2. The SMILES string of the molecule is O=C(CNCCc1ccc(Cl)cc1)NC1CCS(=O)(=O)C1. The van der Waals surface area contributed by atoms with Gasteiger partial charge in [0, 0.05) is 11.1 Å². The third-order valence-corrected chi connectivity index (χ3v) is 5.41. The third kappa shape index (κ3) is 5.65. The van der Waals surface area contributed by atoms with E-state index in [-0.39, 0.29) is 30.0 Å². The maximum Gasteiger partial charge on any atom is 0.234 e. The van der Waals surface area contributed by atoms with Gasteiger partial charge in [0.2, 0.25) is 5.91 Å². The van der Waals surface area contributed by atoms with Crippen molar-refractivity contribution < 1.29 is 13.2 Å². The first-order valence-electron chi connectivity index (χ1n) is 6.89. The molecule has 2 rings (SSSR count). The lowest BCUT2D eigenvalue weighted by molar-refractivity contribution is -0.120. The van der Waals surface area contributed by atoms with Crippen LogP contribution in [0.4, 0.5) is 0 Å². The first-order valence-corrected chi connectivity index (χ1v) is 9.09. The van der Waals surface area contributed by atoms with Gasteiger partial charge in [0.15, 0.2) is 9.84 Å². The highest BCUT2D eigenvalue weighted by molar-refractivity contribution is 7.91. The van der Waals surface area contributed by atoms with E-state index in [4.69, 9.17) is 11.6 Å². The number of carbonyl (C=O) groups is 1. The van der Waals surface area contributed by atoms with Gasteiger partial charge in [-0.25, -0.2) is 8.42 Å². The molecule has 1 aliphatic heterocycles. The molecule has 5 nitrogen and oxygen atoms in total. The van der Waals surface area contributed by atoms with Crippen molar-refractivity contribution in [3.05, 3.63) is 34.9 Å². The van der Waals surface area contributed by atoms with E-state index in [1.807, 2.05) is 24.3 Å². The molecule has 1 atom stereocenters. The second-order valence-electron chi connectivity index (χ2n) is 5.22. The number of carbonyl (C=O) groups excluding carboxylic acids is 1. The molecule has 1 aromatic rings. The second kappa shape index (κ2) is 7.24. The molecule has 2 N–H and O–H groups in total. The molecular formula is C14H19ClN2O3S. The molecule has 0 aliphatic carbocycles. The Morgan fingerprint density at radius 2 is 2.00 bits per heavy atom. The van der Waals surface area contributed by atoms with E-state index in [2.05, 4.69) is 10.6 Å². The van der Waals surface area contributed by atoms with Crippen LogP contribution in [0.3, 0.4) is 0 Å². The van der Waals surface area contributed by atoms with Gasteiger partial charge in [-0.15, -0.1) is 0 Å². The summed E-state index contributed by atoms with van der Waals surface area (Å²) in [5, 5.41) is 6.50. The van der Waals surface area contributed by atoms with Gasteiger partial charge in [0.25, 0.3) is 0 Å². The highest BCUT2D eigenvalue weighted by Gasteiger charge is 2.28. The van der Waals surface area contributed by atoms with Crippen LogP contribution in [0.5, 0.6) is 0 Å². The van der Waals surface area contributed by atoms with Crippen molar-refractivity contribution in [3.63, 3.8) is 0 Å². The summed E-state index contributed by atoms with van der Waals surface area (Å²) in [4.78, 5) is 11.7. The Morgan fingerprint density at radius 1 is 1.29 bits per heavy atom. The monoisotopic (exact) mass is 330 g/mol. The highest BCUT2D eigenvalue weighted by Crippen LogP contribution is 2.11. The molecule has 1 saturated heterocycles. The molecule has 0 bridgehead atoms. The lowest BCUT2D eigenvalue weighted by Gasteiger charge is -2.11. The molecule has 116 valence electrons. The molecule has 0 spiro atoms. The molecule has 1 aromatic carbocycles. The van der Waals surface area contributed by atoms with Crippen molar-refractivity contribution in [3.8, 4) is 0 Å². The summed E-state index contributed by atoms with van der Waals surface area (Å²) < 4.78 is 22.6. The molecule has 1 fully saturated rings. The number of halogens is 1. The van der Waals surface area contributed by atoms with Crippen molar-refractivity contribution >= 4 is 27.3 Å². The second-order valence-corrected chi connectivity index (χ2v) is 7.89. The molecular weight excluding hydrogens is 312 g/mol. The molecule has 0 aromatic heterocycles. The van der Waals surface area contributed by atoms with Gasteiger partial charge in [-0.1, -0.05) is 23.7 Å². The highest BCUT2D eigenvalue weighted by atomic mass is 35.5. The van der Waals surface area contributed by atoms with Crippen molar-refractivity contribution in [1.82, 2.24) is 10.6 Å². The largest absolute Gasteiger partial charge is 0.351 e. The standard InChI is InChI=1S/C14H19ClN2O3S/c15-12-3-1-11(2-4-12)5-7-16-9-14(18)17-13-6-8-21(19,20)10-13/h1-4,13,16H,5-10H2,(H,17,18). The van der Waals surface area contributed by atoms with Gasteiger partial charge in [-0.2, -0.15) is 0 Å². The van der Waals surface area contributed by atoms with Crippen LogP contribution in [-0.2, 0) is 21.1 Å². The number of hydrogen-bond acceptors (Lipinski definition) is 4. The lowest BCUT2D eigenvalue weighted by Crippen LogP contribution is -2.41. The summed E-state index contributed by atoms with van der Waals surface area (Å²) in [5.74, 6) is 0.0686. The van der Waals surface area contributed by atoms with Crippen molar-refractivity contribution in [2.45, 2.75) is 18.9 Å². The normalized spacial score (nSPS) is 20.3. The summed E-state index contributed by atoms with van der Waals surface area (Å²) in [5.41, 5.74) is 1.15. The fourth-order valence-corrected chi connectivity index (χ4v) is 4.07. The predicted molar refractivity (Wildman–Crippen MR) is 83.2 cm³/mol. The minimum absolute atomic E-state index is 0.0590. The molecule has 7 heteroatoms. The number of sulfone groups is 1. The molecule has 21 heavy (non-hydrogen) atoms. The molecule has 1 heterocycles. The van der Waals surface area contributed by atoms with E-state index in [1.54, 1.807) is 0 Å². The summed E-state index contributed by atoms with van der Waals surface area (Å²) in [6, 6.07) is 7.34. The summed E-state index contributed by atoms with van der Waals surface area (Å²) in [7, 11) is -2.95. The van der Waals surface area contributed by atoms with E-state index in [0.717, 1.165) is 12.0 Å². The maximum atomic E-state index is 11.7. The Bertz CT molecular complexity index is 587. The van der Waals surface area contributed by atoms with E-state index < -0.39 is 9.84 Å². The van der Waals surface area contributed by atoms with Crippen LogP contribution in [0.1, 0.15) is 12.0 Å². The zero-order valence-electron chi connectivity index (χ0n) is 11.6. The van der Waals surface area contributed by atoms with E-state index in [0.29, 0.717) is 18.0 Å². The Labute approximate surface area is 130 Å². The van der Waals surface area contributed by atoms with Crippen LogP contribution >= 0.6 is 11.6 Å². The molecule has 1 amide bonds. The quantitative estimate of drug-likeness (QED) is 0.756. The van der Waals surface area contributed by atoms with Crippen LogP contribution in [-0.4, -0.2) is 45.0 Å². The van der Waals surface area contributed by atoms with Gasteiger partial charge >= 0.3 is 0 Å². The average Bonchev–Trinajstić information content (AvgIpc) is 2.76. The first-order chi connectivity index (χ1) is 9.94. The average molecular weight is 331 g/mol. The number of benzene rings is 1. The molecule has 1 aliphatic rings. The summed E-state index contributed by atoms with van der Waals surface area (Å²) in [6.07, 6.45) is 1.32. The van der Waals surface area contributed by atoms with Crippen molar-refractivity contribution in [1.29, 1.82) is 0 Å². The van der Waals surface area contributed by atoms with Crippen LogP contribution < -0.4 is 10.6 Å². The van der Waals surface area contributed by atoms with Gasteiger partial charge in [0.1, 0.15) is 0 Å². The van der Waals surface area contributed by atoms with Gasteiger partial charge in [0.05, 0.1) is 18.1 Å². The number of nitrogens with one attached hydrogen (secondary N) is 2. The van der Waals surface area contributed by atoms with Gasteiger partial charge < -0.3 is 10.6 Å². The number of amides is 1. The molecule has 0 saturated carbocycles. The van der Waals surface area contributed by atoms with Crippen LogP contribution in [0.25, 0.3) is 0 Å². The van der Waals surface area contributed by atoms with Crippen molar-refractivity contribution in [2.75, 3.05) is 24.6 Å². The fraction of sp³-hybridized carbons (Fsp3) is 0.500. The van der Waals surface area contributed by atoms with Gasteiger partial charge in [-0.05, 0) is 37.1 Å². The minimum Gasteiger partial charge on any atom is -0.351 e. The predicted octanol–water partition coefficient (Wildman–Crippen LogP) is 0.775. The zero-order valence-corrected chi connectivity index (χ0v) is 13.2. The summed E-state index contributed by atoms with van der Waals surface area (Å²) >= 11 is 5.80. The van der Waals surface area contributed by atoms with Gasteiger partial charge in [-0.3, -0.25) is 4.79 Å². The van der Waals surface area contributed by atoms with E-state index >= 15 is 0 Å². The Morgan fingerprint density at radius 3 is 2.62 bits per heavy atom. The maximum absolute atomic E-state index is 11.7. The Hall–Kier alpha value is -1.11. The van der Waals surface area contributed by atoms with E-state index in [1.165, 1.54) is 0 Å².